The molecule has 0 aliphatic heterocycles. The molecule has 1 aromatic carbocycles. The van der Waals surface area contributed by atoms with Crippen molar-refractivity contribution in [2.45, 2.75) is 37.0 Å². The maximum atomic E-state index is 12.1. The number of hydrogen-bond donors (Lipinski definition) is 2. The minimum absolute atomic E-state index is 0.0103. The van der Waals surface area contributed by atoms with Crippen molar-refractivity contribution in [3.05, 3.63) is 28.8 Å². The topological polar surface area (TPSA) is 83.5 Å². The third kappa shape index (κ3) is 4.18. The highest BCUT2D eigenvalue weighted by Gasteiger charge is 2.19. The number of benzene rings is 1. The van der Waals surface area contributed by atoms with Gasteiger partial charge in [-0.25, -0.2) is 17.9 Å². The Balaban J connectivity index is 2.01. The van der Waals surface area contributed by atoms with Gasteiger partial charge < -0.3 is 5.11 Å². The van der Waals surface area contributed by atoms with Crippen LogP contribution >= 0.6 is 11.6 Å². The van der Waals surface area contributed by atoms with Gasteiger partial charge >= 0.3 is 5.97 Å². The standard InChI is InChI=1S/C14H18ClNO4S/c15-13-9-11(5-6-12(13)14(17)18)21(19,20)16-8-7-10-3-1-2-4-10/h5-6,9-10,16H,1-4,7-8H2,(H,17,18). The summed E-state index contributed by atoms with van der Waals surface area (Å²) in [5.41, 5.74) is -0.110. The molecule has 0 heterocycles. The molecule has 1 fully saturated rings. The summed E-state index contributed by atoms with van der Waals surface area (Å²) in [6.45, 7) is 0.394. The Bertz CT molecular complexity index is 624. The summed E-state index contributed by atoms with van der Waals surface area (Å²) < 4.78 is 26.8. The van der Waals surface area contributed by atoms with Gasteiger partial charge in [-0.3, -0.25) is 0 Å². The van der Waals surface area contributed by atoms with E-state index in [2.05, 4.69) is 4.72 Å². The summed E-state index contributed by atoms with van der Waals surface area (Å²) in [5, 5.41) is 8.79. The van der Waals surface area contributed by atoms with E-state index in [1.54, 1.807) is 0 Å². The van der Waals surface area contributed by atoms with Crippen molar-refractivity contribution < 1.29 is 18.3 Å². The Morgan fingerprint density at radius 3 is 2.57 bits per heavy atom. The summed E-state index contributed by atoms with van der Waals surface area (Å²) in [4.78, 5) is 10.8. The molecule has 0 saturated heterocycles. The highest BCUT2D eigenvalue weighted by Crippen LogP contribution is 2.27. The monoisotopic (exact) mass is 331 g/mol. The van der Waals surface area contributed by atoms with Gasteiger partial charge in [0, 0.05) is 6.54 Å². The van der Waals surface area contributed by atoms with Crippen LogP contribution in [0.25, 0.3) is 0 Å². The number of carboxylic acids is 1. The third-order valence-corrected chi connectivity index (χ3v) is 5.57. The number of carbonyl (C=O) groups is 1. The molecule has 1 aliphatic rings. The second-order valence-electron chi connectivity index (χ2n) is 5.28. The average molecular weight is 332 g/mol. The van der Waals surface area contributed by atoms with Crippen LogP contribution in [-0.2, 0) is 10.0 Å². The maximum Gasteiger partial charge on any atom is 0.337 e. The molecule has 0 spiro atoms. The second-order valence-corrected chi connectivity index (χ2v) is 7.46. The maximum absolute atomic E-state index is 12.1. The van der Waals surface area contributed by atoms with E-state index < -0.39 is 16.0 Å². The summed E-state index contributed by atoms with van der Waals surface area (Å²) in [6.07, 6.45) is 5.62. The highest BCUT2D eigenvalue weighted by atomic mass is 35.5. The van der Waals surface area contributed by atoms with Gasteiger partial charge in [0.25, 0.3) is 0 Å². The molecular formula is C14H18ClNO4S. The van der Waals surface area contributed by atoms with E-state index in [1.807, 2.05) is 0 Å². The fourth-order valence-electron chi connectivity index (χ4n) is 2.62. The van der Waals surface area contributed by atoms with Crippen LogP contribution in [-0.4, -0.2) is 26.0 Å². The van der Waals surface area contributed by atoms with Crippen LogP contribution in [0.1, 0.15) is 42.5 Å². The van der Waals surface area contributed by atoms with Crippen molar-refractivity contribution in [1.82, 2.24) is 4.72 Å². The van der Waals surface area contributed by atoms with Crippen molar-refractivity contribution in [2.24, 2.45) is 5.92 Å². The van der Waals surface area contributed by atoms with Crippen LogP contribution in [0, 0.1) is 5.92 Å². The van der Waals surface area contributed by atoms with Crippen LogP contribution in [0.15, 0.2) is 23.1 Å². The molecule has 0 amide bonds. The van der Waals surface area contributed by atoms with Gasteiger partial charge in [0.1, 0.15) is 0 Å². The molecule has 0 radical (unpaired) electrons. The molecule has 0 unspecified atom stereocenters. The molecule has 1 aromatic rings. The summed E-state index contributed by atoms with van der Waals surface area (Å²) in [7, 11) is -3.64. The van der Waals surface area contributed by atoms with E-state index in [-0.39, 0.29) is 15.5 Å². The molecule has 5 nitrogen and oxygen atoms in total. The molecule has 21 heavy (non-hydrogen) atoms. The lowest BCUT2D eigenvalue weighted by molar-refractivity contribution is 0.0697. The number of hydrogen-bond acceptors (Lipinski definition) is 3. The first-order chi connectivity index (χ1) is 9.90. The number of nitrogens with one attached hydrogen (secondary N) is 1. The second kappa shape index (κ2) is 6.77. The SMILES string of the molecule is O=C(O)c1ccc(S(=O)(=O)NCCC2CCCC2)cc1Cl. The molecule has 0 aromatic heterocycles. The smallest absolute Gasteiger partial charge is 0.337 e. The fourth-order valence-corrected chi connectivity index (χ4v) is 4.02. The van der Waals surface area contributed by atoms with E-state index in [9.17, 15) is 13.2 Å². The van der Waals surface area contributed by atoms with Gasteiger partial charge in [-0.1, -0.05) is 37.3 Å². The van der Waals surface area contributed by atoms with Crippen molar-refractivity contribution in [1.29, 1.82) is 0 Å². The highest BCUT2D eigenvalue weighted by molar-refractivity contribution is 7.89. The van der Waals surface area contributed by atoms with Gasteiger partial charge in [-0.05, 0) is 30.5 Å². The molecule has 0 bridgehead atoms. The fraction of sp³-hybridized carbons (Fsp3) is 0.500. The van der Waals surface area contributed by atoms with Crippen molar-refractivity contribution in [3.63, 3.8) is 0 Å². The number of carboxylic acid groups (broad SMARTS) is 1. The number of sulfonamides is 1. The third-order valence-electron chi connectivity index (χ3n) is 3.80. The van der Waals surface area contributed by atoms with E-state index in [1.165, 1.54) is 43.9 Å². The Morgan fingerprint density at radius 2 is 2.00 bits per heavy atom. The molecule has 2 N–H and O–H groups in total. The first-order valence-corrected chi connectivity index (χ1v) is 8.79. The molecule has 2 rings (SSSR count). The van der Waals surface area contributed by atoms with Crippen molar-refractivity contribution >= 4 is 27.6 Å². The lowest BCUT2D eigenvalue weighted by Gasteiger charge is -2.11. The summed E-state index contributed by atoms with van der Waals surface area (Å²) >= 11 is 5.80. The van der Waals surface area contributed by atoms with Crippen molar-refractivity contribution in [2.75, 3.05) is 6.54 Å². The van der Waals surface area contributed by atoms with Gasteiger partial charge in [0.05, 0.1) is 15.5 Å². The first-order valence-electron chi connectivity index (χ1n) is 6.92. The predicted molar refractivity (Wildman–Crippen MR) is 80.2 cm³/mol. The van der Waals surface area contributed by atoms with Crippen molar-refractivity contribution in [3.8, 4) is 0 Å². The summed E-state index contributed by atoms with van der Waals surface area (Å²) in [6, 6.07) is 3.63. The molecule has 0 atom stereocenters. The zero-order valence-corrected chi connectivity index (χ0v) is 13.1. The minimum atomic E-state index is -3.64. The van der Waals surface area contributed by atoms with E-state index in [0.717, 1.165) is 6.42 Å². The normalized spacial score (nSPS) is 16.2. The number of aromatic carboxylic acids is 1. The molecule has 116 valence electrons. The van der Waals surface area contributed by atoms with Gasteiger partial charge in [-0.2, -0.15) is 0 Å². The minimum Gasteiger partial charge on any atom is -0.478 e. The van der Waals surface area contributed by atoms with Crippen LogP contribution < -0.4 is 4.72 Å². The molecule has 7 heteroatoms. The van der Waals surface area contributed by atoms with E-state index in [4.69, 9.17) is 16.7 Å². The molecular weight excluding hydrogens is 314 g/mol. The largest absolute Gasteiger partial charge is 0.478 e. The summed E-state index contributed by atoms with van der Waals surface area (Å²) in [5.74, 6) is -0.580. The Labute approximate surface area is 129 Å². The van der Waals surface area contributed by atoms with Gasteiger partial charge in [-0.15, -0.1) is 0 Å². The van der Waals surface area contributed by atoms with E-state index in [0.29, 0.717) is 12.5 Å². The molecule has 1 aliphatic carbocycles. The molecule has 1 saturated carbocycles. The lowest BCUT2D eigenvalue weighted by Crippen LogP contribution is -2.26. The zero-order valence-electron chi connectivity index (χ0n) is 11.5. The van der Waals surface area contributed by atoms with Crippen LogP contribution in [0.4, 0.5) is 0 Å². The Morgan fingerprint density at radius 1 is 1.33 bits per heavy atom. The van der Waals surface area contributed by atoms with Crippen LogP contribution in [0.3, 0.4) is 0 Å². The van der Waals surface area contributed by atoms with Gasteiger partial charge in [0.15, 0.2) is 0 Å². The first kappa shape index (κ1) is 16.3. The number of halogens is 1. The average Bonchev–Trinajstić information content (AvgIpc) is 2.91. The zero-order chi connectivity index (χ0) is 15.5. The number of rotatable bonds is 6. The Kier molecular flexibility index (Phi) is 5.24. The van der Waals surface area contributed by atoms with E-state index >= 15 is 0 Å². The Hall–Kier alpha value is -1.11. The predicted octanol–water partition coefficient (Wildman–Crippen LogP) is 2.90. The van der Waals surface area contributed by atoms with Crippen LogP contribution in [0.2, 0.25) is 5.02 Å². The van der Waals surface area contributed by atoms with Crippen LogP contribution in [0.5, 0.6) is 0 Å². The van der Waals surface area contributed by atoms with Gasteiger partial charge in [0.2, 0.25) is 10.0 Å². The lowest BCUT2D eigenvalue weighted by atomic mass is 10.1. The quantitative estimate of drug-likeness (QED) is 0.839.